The summed E-state index contributed by atoms with van der Waals surface area (Å²) in [5.74, 6) is 1.01. The Morgan fingerprint density at radius 1 is 0.800 bits per heavy atom. The molecule has 0 rings (SSSR count). The van der Waals surface area contributed by atoms with Crippen LogP contribution in [-0.4, -0.2) is 31.1 Å². The van der Waals surface area contributed by atoms with Crippen LogP contribution >= 0.6 is 0 Å². The molecule has 0 aliphatic heterocycles. The summed E-state index contributed by atoms with van der Waals surface area (Å²) in [6.45, 7) is 13.4. The lowest BCUT2D eigenvalue weighted by Crippen LogP contribution is -2.20. The molecule has 0 fully saturated rings. The Bertz CT molecular complexity index is 290. The third-order valence-corrected chi connectivity index (χ3v) is 5.06. The Balaban J connectivity index is 3.47. The van der Waals surface area contributed by atoms with Gasteiger partial charge in [0.1, 0.15) is 0 Å². The Morgan fingerprint density at radius 2 is 1.40 bits per heavy atom. The lowest BCUT2D eigenvalue weighted by atomic mass is 10.1. The molecule has 2 nitrogen and oxygen atoms in total. The summed E-state index contributed by atoms with van der Waals surface area (Å²) in [6, 6.07) is 0. The van der Waals surface area contributed by atoms with E-state index in [2.05, 4.69) is 39.3 Å². The van der Waals surface area contributed by atoms with E-state index in [-0.39, 0.29) is 0 Å². The summed E-state index contributed by atoms with van der Waals surface area (Å²) in [5, 5.41) is 0. The van der Waals surface area contributed by atoms with Crippen LogP contribution in [0.4, 0.5) is 0 Å². The van der Waals surface area contributed by atoms with Crippen LogP contribution < -0.4 is 0 Å². The van der Waals surface area contributed by atoms with Crippen molar-refractivity contribution >= 4 is 0 Å². The van der Waals surface area contributed by atoms with Crippen molar-refractivity contribution in [1.29, 1.82) is 0 Å². The van der Waals surface area contributed by atoms with Gasteiger partial charge in [-0.2, -0.15) is 0 Å². The molecule has 1 atom stereocenters. The number of hydrogen-bond acceptors (Lipinski definition) is 2. The average Bonchev–Trinajstić information content (AvgIpc) is 2.61. The molecule has 0 aliphatic carbocycles. The van der Waals surface area contributed by atoms with E-state index in [1.165, 1.54) is 90.1 Å². The molecule has 0 aromatic rings. The summed E-state index contributed by atoms with van der Waals surface area (Å²) in [7, 11) is 2.26. The maximum Gasteiger partial charge on any atom is 0.0979 e. The minimum atomic E-state index is 0.392. The van der Waals surface area contributed by atoms with Gasteiger partial charge >= 0.3 is 0 Å². The lowest BCUT2D eigenvalue weighted by molar-refractivity contribution is 0.0962. The molecule has 0 radical (unpaired) electrons. The zero-order chi connectivity index (χ0) is 18.8. The SMILES string of the molecule is C=C(CCCCCCCCN(C)CCCC)OC(CC)CCCCC. The van der Waals surface area contributed by atoms with Gasteiger partial charge in [-0.3, -0.25) is 0 Å². The number of unbranched alkanes of at least 4 members (excludes halogenated alkanes) is 8. The van der Waals surface area contributed by atoms with Crippen molar-refractivity contribution in [3.63, 3.8) is 0 Å². The summed E-state index contributed by atoms with van der Waals surface area (Å²) in [6.07, 6.45) is 18.3. The first kappa shape index (κ1) is 24.5. The summed E-state index contributed by atoms with van der Waals surface area (Å²) in [4.78, 5) is 2.48. The molecular weight excluding hydrogens is 306 g/mol. The van der Waals surface area contributed by atoms with E-state index < -0.39 is 0 Å². The fourth-order valence-corrected chi connectivity index (χ4v) is 3.21. The Hall–Kier alpha value is -0.500. The molecule has 1 unspecified atom stereocenters. The van der Waals surface area contributed by atoms with Crippen molar-refractivity contribution in [2.75, 3.05) is 20.1 Å². The van der Waals surface area contributed by atoms with E-state index in [0.717, 1.165) is 18.6 Å². The predicted molar refractivity (Wildman–Crippen MR) is 113 cm³/mol. The first-order valence-electron chi connectivity index (χ1n) is 11.2. The van der Waals surface area contributed by atoms with Crippen LogP contribution in [0.5, 0.6) is 0 Å². The minimum absolute atomic E-state index is 0.392. The van der Waals surface area contributed by atoms with Crippen molar-refractivity contribution in [1.82, 2.24) is 4.90 Å². The van der Waals surface area contributed by atoms with Gasteiger partial charge in [0.25, 0.3) is 0 Å². The zero-order valence-corrected chi connectivity index (χ0v) is 18.0. The second-order valence-corrected chi connectivity index (χ2v) is 7.71. The van der Waals surface area contributed by atoms with E-state index in [4.69, 9.17) is 4.74 Å². The summed E-state index contributed by atoms with van der Waals surface area (Å²) >= 11 is 0. The first-order chi connectivity index (χ1) is 12.1. The van der Waals surface area contributed by atoms with Crippen molar-refractivity contribution in [3.8, 4) is 0 Å². The molecule has 0 amide bonds. The molecule has 0 aliphatic rings. The molecule has 0 aromatic heterocycles. The molecule has 25 heavy (non-hydrogen) atoms. The average molecular weight is 354 g/mol. The summed E-state index contributed by atoms with van der Waals surface area (Å²) < 4.78 is 6.05. The van der Waals surface area contributed by atoms with E-state index in [1.54, 1.807) is 0 Å². The summed E-state index contributed by atoms with van der Waals surface area (Å²) in [5.41, 5.74) is 0. The number of ether oxygens (including phenoxy) is 1. The van der Waals surface area contributed by atoms with E-state index in [1.807, 2.05) is 0 Å². The first-order valence-corrected chi connectivity index (χ1v) is 11.2. The molecule has 0 bridgehead atoms. The molecule has 0 saturated carbocycles. The topological polar surface area (TPSA) is 12.5 Å². The van der Waals surface area contributed by atoms with Crippen molar-refractivity contribution < 1.29 is 4.74 Å². The molecule has 0 saturated heterocycles. The van der Waals surface area contributed by atoms with Gasteiger partial charge in [-0.15, -0.1) is 0 Å². The molecule has 2 heteroatoms. The smallest absolute Gasteiger partial charge is 0.0979 e. The van der Waals surface area contributed by atoms with Gasteiger partial charge in [-0.1, -0.05) is 72.3 Å². The normalized spacial score (nSPS) is 12.5. The molecule has 0 heterocycles. The second-order valence-electron chi connectivity index (χ2n) is 7.71. The van der Waals surface area contributed by atoms with Crippen LogP contribution in [-0.2, 0) is 4.74 Å². The van der Waals surface area contributed by atoms with Crippen LogP contribution in [0.2, 0.25) is 0 Å². The van der Waals surface area contributed by atoms with Gasteiger partial charge in [0.2, 0.25) is 0 Å². The van der Waals surface area contributed by atoms with E-state index >= 15 is 0 Å². The molecule has 0 spiro atoms. The van der Waals surface area contributed by atoms with Crippen LogP contribution in [0.3, 0.4) is 0 Å². The third kappa shape index (κ3) is 16.7. The van der Waals surface area contributed by atoms with Gasteiger partial charge in [-0.25, -0.2) is 0 Å². The van der Waals surface area contributed by atoms with Crippen LogP contribution in [0, 0.1) is 0 Å². The van der Waals surface area contributed by atoms with Gasteiger partial charge in [0.15, 0.2) is 0 Å². The van der Waals surface area contributed by atoms with Gasteiger partial charge in [-0.05, 0) is 58.7 Å². The van der Waals surface area contributed by atoms with Gasteiger partial charge < -0.3 is 9.64 Å². The quantitative estimate of drug-likeness (QED) is 0.178. The van der Waals surface area contributed by atoms with Gasteiger partial charge in [0.05, 0.1) is 11.9 Å². The monoisotopic (exact) mass is 353 g/mol. The fraction of sp³-hybridized carbons (Fsp3) is 0.913. The van der Waals surface area contributed by atoms with Crippen molar-refractivity contribution in [2.24, 2.45) is 0 Å². The Kier molecular flexibility index (Phi) is 17.9. The number of rotatable bonds is 19. The largest absolute Gasteiger partial charge is 0.495 e. The third-order valence-electron chi connectivity index (χ3n) is 5.06. The van der Waals surface area contributed by atoms with Crippen LogP contribution in [0.1, 0.15) is 111 Å². The lowest BCUT2D eigenvalue weighted by Gasteiger charge is -2.19. The highest BCUT2D eigenvalue weighted by Crippen LogP contribution is 2.17. The van der Waals surface area contributed by atoms with Crippen molar-refractivity contribution in [2.45, 2.75) is 117 Å². The molecule has 150 valence electrons. The predicted octanol–water partition coefficient (Wildman–Crippen LogP) is 7.34. The van der Waals surface area contributed by atoms with E-state index in [0.29, 0.717) is 6.10 Å². The second kappa shape index (κ2) is 18.3. The zero-order valence-electron chi connectivity index (χ0n) is 18.0. The number of hydrogen-bond donors (Lipinski definition) is 0. The Morgan fingerprint density at radius 3 is 2.04 bits per heavy atom. The van der Waals surface area contributed by atoms with E-state index in [9.17, 15) is 0 Å². The number of nitrogens with zero attached hydrogens (tertiary/aromatic N) is 1. The van der Waals surface area contributed by atoms with Crippen molar-refractivity contribution in [3.05, 3.63) is 12.3 Å². The van der Waals surface area contributed by atoms with Crippen LogP contribution in [0.25, 0.3) is 0 Å². The van der Waals surface area contributed by atoms with Crippen LogP contribution in [0.15, 0.2) is 12.3 Å². The number of allylic oxidation sites excluding steroid dienone is 1. The Labute approximate surface area is 159 Å². The fourth-order valence-electron chi connectivity index (χ4n) is 3.21. The maximum atomic E-state index is 6.05. The standard InChI is InChI=1S/C23H47NO/c1-6-9-15-19-23(8-3)25-22(4)18-16-13-11-12-14-17-21-24(5)20-10-7-2/h23H,4,6-21H2,1-3,5H3. The highest BCUT2D eigenvalue weighted by Gasteiger charge is 2.08. The molecule has 0 N–H and O–H groups in total. The van der Waals surface area contributed by atoms with Gasteiger partial charge in [0, 0.05) is 6.42 Å². The minimum Gasteiger partial charge on any atom is -0.495 e. The maximum absolute atomic E-state index is 6.05. The highest BCUT2D eigenvalue weighted by molar-refractivity contribution is 4.83. The highest BCUT2D eigenvalue weighted by atomic mass is 16.5. The molecule has 0 aromatic carbocycles. The molecular formula is C23H47NO.